The minimum atomic E-state index is -0.679. The van der Waals surface area contributed by atoms with E-state index in [0.717, 1.165) is 17.8 Å². The van der Waals surface area contributed by atoms with Crippen molar-refractivity contribution < 1.29 is 22.4 Å². The third-order valence-corrected chi connectivity index (χ3v) is 4.48. The molecule has 0 radical (unpaired) electrons. The number of furan rings is 2. The van der Waals surface area contributed by atoms with Gasteiger partial charge in [-0.1, -0.05) is 0 Å². The summed E-state index contributed by atoms with van der Waals surface area (Å²) in [5, 5.41) is 0. The first-order valence-corrected chi connectivity index (χ1v) is 8.51. The first-order valence-electron chi connectivity index (χ1n) is 7.52. The Kier molecular flexibility index (Phi) is 5.55. The summed E-state index contributed by atoms with van der Waals surface area (Å²) in [5.41, 5.74) is 0. The van der Waals surface area contributed by atoms with Gasteiger partial charge < -0.3 is 13.7 Å². The Morgan fingerprint density at radius 1 is 1.00 bits per heavy atom. The fraction of sp³-hybridized carbons (Fsp3) is 0.167. The number of amides is 1. The molecule has 3 aromatic rings. The molecule has 0 bridgehead atoms. The second kappa shape index (κ2) is 8.02. The Bertz CT molecular complexity index is 783. The molecule has 3 rings (SSSR count). The highest BCUT2D eigenvalue weighted by molar-refractivity contribution is 8.00. The molecule has 0 aliphatic rings. The Morgan fingerprint density at radius 3 is 2.16 bits per heavy atom. The van der Waals surface area contributed by atoms with E-state index in [9.17, 15) is 13.6 Å². The van der Waals surface area contributed by atoms with Crippen molar-refractivity contribution in [2.75, 3.05) is 5.75 Å². The summed E-state index contributed by atoms with van der Waals surface area (Å²) in [6, 6.07) is 10.3. The lowest BCUT2D eigenvalue weighted by Crippen LogP contribution is -2.31. The van der Waals surface area contributed by atoms with Crippen molar-refractivity contribution >= 4 is 17.7 Å². The summed E-state index contributed by atoms with van der Waals surface area (Å²) >= 11 is 1.02. The van der Waals surface area contributed by atoms with Gasteiger partial charge in [0.1, 0.15) is 23.2 Å². The third kappa shape index (κ3) is 4.73. The summed E-state index contributed by atoms with van der Waals surface area (Å²) in [6.07, 6.45) is 3.07. The minimum absolute atomic E-state index is 0.0178. The average Bonchev–Trinajstić information content (AvgIpc) is 3.27. The van der Waals surface area contributed by atoms with Crippen LogP contribution >= 0.6 is 11.8 Å². The molecule has 1 amide bonds. The van der Waals surface area contributed by atoms with E-state index in [2.05, 4.69) is 0 Å². The number of nitrogens with zero attached hydrogens (tertiary/aromatic N) is 1. The van der Waals surface area contributed by atoms with Crippen LogP contribution in [0.25, 0.3) is 0 Å². The molecular formula is C18H15F2NO3S. The van der Waals surface area contributed by atoms with Gasteiger partial charge in [0.2, 0.25) is 5.91 Å². The minimum Gasteiger partial charge on any atom is -0.467 e. The van der Waals surface area contributed by atoms with Gasteiger partial charge in [0, 0.05) is 11.0 Å². The highest BCUT2D eigenvalue weighted by atomic mass is 32.2. The molecule has 0 spiro atoms. The molecule has 0 saturated heterocycles. The molecule has 0 N–H and O–H groups in total. The SMILES string of the molecule is O=C(CSc1ccc(F)cc1F)N(Cc1ccco1)Cc1ccco1. The highest BCUT2D eigenvalue weighted by Crippen LogP contribution is 2.23. The van der Waals surface area contributed by atoms with Crippen LogP contribution in [0.4, 0.5) is 8.78 Å². The smallest absolute Gasteiger partial charge is 0.233 e. The van der Waals surface area contributed by atoms with Gasteiger partial charge in [0.25, 0.3) is 0 Å². The molecule has 1 aromatic carbocycles. The number of carbonyl (C=O) groups is 1. The fourth-order valence-electron chi connectivity index (χ4n) is 2.24. The van der Waals surface area contributed by atoms with Gasteiger partial charge in [-0.25, -0.2) is 8.78 Å². The molecule has 0 atom stereocenters. The van der Waals surface area contributed by atoms with Crippen LogP contribution in [-0.4, -0.2) is 16.6 Å². The average molecular weight is 363 g/mol. The van der Waals surface area contributed by atoms with Gasteiger partial charge in [-0.05, 0) is 36.4 Å². The maximum atomic E-state index is 13.7. The number of hydrogen-bond donors (Lipinski definition) is 0. The van der Waals surface area contributed by atoms with Crippen molar-refractivity contribution in [2.45, 2.75) is 18.0 Å². The summed E-state index contributed by atoms with van der Waals surface area (Å²) in [4.78, 5) is 14.4. The van der Waals surface area contributed by atoms with Crippen LogP contribution in [-0.2, 0) is 17.9 Å². The molecule has 2 heterocycles. The molecule has 0 aliphatic heterocycles. The summed E-state index contributed by atoms with van der Waals surface area (Å²) < 4.78 is 37.2. The maximum Gasteiger partial charge on any atom is 0.233 e. The molecule has 0 fully saturated rings. The van der Waals surface area contributed by atoms with Gasteiger partial charge in [0.05, 0.1) is 31.4 Å². The van der Waals surface area contributed by atoms with Crippen molar-refractivity contribution in [3.05, 3.63) is 78.1 Å². The number of carbonyl (C=O) groups excluding carboxylic acids is 1. The second-order valence-corrected chi connectivity index (χ2v) is 6.29. The maximum absolute atomic E-state index is 13.7. The van der Waals surface area contributed by atoms with E-state index in [-0.39, 0.29) is 29.6 Å². The van der Waals surface area contributed by atoms with Gasteiger partial charge in [-0.3, -0.25) is 4.79 Å². The number of thioether (sulfide) groups is 1. The van der Waals surface area contributed by atoms with Crippen molar-refractivity contribution in [3.63, 3.8) is 0 Å². The van der Waals surface area contributed by atoms with Crippen LogP contribution in [0.3, 0.4) is 0 Å². The third-order valence-electron chi connectivity index (χ3n) is 3.45. The quantitative estimate of drug-likeness (QED) is 0.581. The van der Waals surface area contributed by atoms with E-state index < -0.39 is 11.6 Å². The molecule has 25 heavy (non-hydrogen) atoms. The van der Waals surface area contributed by atoms with E-state index in [0.29, 0.717) is 11.5 Å². The summed E-state index contributed by atoms with van der Waals surface area (Å²) in [7, 11) is 0. The number of hydrogen-bond acceptors (Lipinski definition) is 4. The van der Waals surface area contributed by atoms with Gasteiger partial charge in [0.15, 0.2) is 0 Å². The summed E-state index contributed by atoms with van der Waals surface area (Å²) in [6.45, 7) is 0.554. The highest BCUT2D eigenvalue weighted by Gasteiger charge is 2.18. The van der Waals surface area contributed by atoms with Crippen LogP contribution in [0.15, 0.2) is 68.7 Å². The number of benzene rings is 1. The van der Waals surface area contributed by atoms with Crippen LogP contribution in [0.2, 0.25) is 0 Å². The van der Waals surface area contributed by atoms with Crippen molar-refractivity contribution in [2.24, 2.45) is 0 Å². The molecule has 130 valence electrons. The van der Waals surface area contributed by atoms with Crippen LogP contribution in [0, 0.1) is 11.6 Å². The number of rotatable bonds is 7. The topological polar surface area (TPSA) is 46.6 Å². The molecule has 7 heteroatoms. The van der Waals surface area contributed by atoms with Gasteiger partial charge in [-0.15, -0.1) is 11.8 Å². The normalized spacial score (nSPS) is 10.8. The van der Waals surface area contributed by atoms with Gasteiger partial charge >= 0.3 is 0 Å². The Morgan fingerprint density at radius 2 is 1.64 bits per heavy atom. The predicted molar refractivity (Wildman–Crippen MR) is 88.8 cm³/mol. The van der Waals surface area contributed by atoms with Gasteiger partial charge in [-0.2, -0.15) is 0 Å². The fourth-order valence-corrected chi connectivity index (χ4v) is 3.06. The molecule has 0 unspecified atom stereocenters. The lowest BCUT2D eigenvalue weighted by atomic mass is 10.3. The lowest BCUT2D eigenvalue weighted by Gasteiger charge is -2.20. The molecule has 0 aliphatic carbocycles. The first kappa shape index (κ1) is 17.3. The molecular weight excluding hydrogens is 348 g/mol. The largest absolute Gasteiger partial charge is 0.467 e. The zero-order valence-corrected chi connectivity index (χ0v) is 14.0. The van der Waals surface area contributed by atoms with Crippen molar-refractivity contribution in [1.29, 1.82) is 0 Å². The van der Waals surface area contributed by atoms with E-state index in [1.165, 1.54) is 24.7 Å². The summed E-state index contributed by atoms with van der Waals surface area (Å²) in [5.74, 6) is -0.242. The number of halogens is 2. The van der Waals surface area contributed by atoms with E-state index >= 15 is 0 Å². The molecule has 4 nitrogen and oxygen atoms in total. The van der Waals surface area contributed by atoms with Crippen LogP contribution < -0.4 is 0 Å². The Balaban J connectivity index is 1.67. The van der Waals surface area contributed by atoms with Crippen molar-refractivity contribution in [1.82, 2.24) is 4.90 Å². The standard InChI is InChI=1S/C18H15F2NO3S/c19-13-5-6-17(16(20)9-13)25-12-18(22)21(10-14-3-1-7-23-14)11-15-4-2-8-24-15/h1-9H,10-12H2. The lowest BCUT2D eigenvalue weighted by molar-refractivity contribution is -0.130. The monoisotopic (exact) mass is 363 g/mol. The second-order valence-electron chi connectivity index (χ2n) is 5.27. The van der Waals surface area contributed by atoms with E-state index in [4.69, 9.17) is 8.83 Å². The van der Waals surface area contributed by atoms with E-state index in [1.54, 1.807) is 29.2 Å². The zero-order valence-electron chi connectivity index (χ0n) is 13.2. The zero-order chi connectivity index (χ0) is 17.6. The predicted octanol–water partition coefficient (Wildman–Crippen LogP) is 4.47. The van der Waals surface area contributed by atoms with E-state index in [1.807, 2.05) is 0 Å². The Labute approximate surface area is 147 Å². The Hall–Kier alpha value is -2.54. The van der Waals surface area contributed by atoms with Crippen LogP contribution in [0.1, 0.15) is 11.5 Å². The van der Waals surface area contributed by atoms with Crippen LogP contribution in [0.5, 0.6) is 0 Å². The molecule has 2 aromatic heterocycles. The molecule has 0 saturated carbocycles. The van der Waals surface area contributed by atoms with Crippen molar-refractivity contribution in [3.8, 4) is 0 Å². The first-order chi connectivity index (χ1) is 12.1.